The van der Waals surface area contributed by atoms with Gasteiger partial charge in [0.05, 0.1) is 11.7 Å². The molecule has 0 aromatic heterocycles. The molecule has 7 nitrogen and oxygen atoms in total. The molecule has 0 radical (unpaired) electrons. The number of aliphatic hydroxyl groups excluding tert-OH is 1. The van der Waals surface area contributed by atoms with E-state index in [0.29, 0.717) is 6.42 Å². The SMILES string of the molecule is CC[C@H]1OC(=O)[C@H](C)C(=O)[C@H](C)[C@@H](C)[C@](C)(OC)C[C@@H](C)C(=N)[C@H](C)[C@H](O)[C@]1(C)O. The van der Waals surface area contributed by atoms with E-state index in [1.54, 1.807) is 27.9 Å². The monoisotopic (exact) mass is 427 g/mol. The number of cyclic esters (lactones) is 1. The molecule has 0 aliphatic carbocycles. The van der Waals surface area contributed by atoms with Gasteiger partial charge in [0.15, 0.2) is 0 Å². The van der Waals surface area contributed by atoms with Gasteiger partial charge in [0.2, 0.25) is 0 Å². The van der Waals surface area contributed by atoms with Crippen LogP contribution in [0.15, 0.2) is 0 Å². The topological polar surface area (TPSA) is 117 Å². The average Bonchev–Trinajstić information content (AvgIpc) is 2.72. The van der Waals surface area contributed by atoms with Crippen LogP contribution in [0, 0.1) is 35.0 Å². The van der Waals surface area contributed by atoms with E-state index in [0.717, 1.165) is 0 Å². The van der Waals surface area contributed by atoms with Gasteiger partial charge in [0.1, 0.15) is 23.4 Å². The Balaban J connectivity index is 3.49. The van der Waals surface area contributed by atoms with Crippen LogP contribution < -0.4 is 0 Å². The Bertz CT molecular complexity index is 648. The number of hydrogen-bond donors (Lipinski definition) is 3. The van der Waals surface area contributed by atoms with Crippen molar-refractivity contribution in [3.63, 3.8) is 0 Å². The summed E-state index contributed by atoms with van der Waals surface area (Å²) in [6.07, 6.45) is -1.58. The third kappa shape index (κ3) is 5.11. The summed E-state index contributed by atoms with van der Waals surface area (Å²) in [6.45, 7) is 13.9. The summed E-state index contributed by atoms with van der Waals surface area (Å²) in [5, 5.41) is 30.6. The summed E-state index contributed by atoms with van der Waals surface area (Å²) >= 11 is 0. The van der Waals surface area contributed by atoms with Gasteiger partial charge >= 0.3 is 5.97 Å². The van der Waals surface area contributed by atoms with Crippen molar-refractivity contribution in [3.05, 3.63) is 0 Å². The van der Waals surface area contributed by atoms with E-state index in [-0.39, 0.29) is 29.8 Å². The van der Waals surface area contributed by atoms with Gasteiger partial charge in [-0.3, -0.25) is 9.59 Å². The van der Waals surface area contributed by atoms with Gasteiger partial charge in [0, 0.05) is 24.7 Å². The number of Topliss-reactive ketones (excluding diaryl/α,β-unsaturated/α-hetero) is 1. The molecule has 0 unspecified atom stereocenters. The highest BCUT2D eigenvalue weighted by Crippen LogP contribution is 2.37. The molecule has 0 amide bonds. The van der Waals surface area contributed by atoms with E-state index in [1.165, 1.54) is 13.8 Å². The summed E-state index contributed by atoms with van der Waals surface area (Å²) in [5.41, 5.74) is -2.20. The quantitative estimate of drug-likeness (QED) is 0.461. The first-order valence-corrected chi connectivity index (χ1v) is 10.9. The zero-order valence-corrected chi connectivity index (χ0v) is 20.0. The predicted octanol–water partition coefficient (Wildman–Crippen LogP) is 3.00. The minimum atomic E-state index is -1.77. The van der Waals surface area contributed by atoms with Crippen LogP contribution in [-0.4, -0.2) is 58.2 Å². The van der Waals surface area contributed by atoms with Crippen LogP contribution in [0.25, 0.3) is 0 Å². The first-order chi connectivity index (χ1) is 13.6. The molecule has 1 aliphatic rings. The molecule has 1 saturated heterocycles. The van der Waals surface area contributed by atoms with E-state index >= 15 is 0 Å². The number of nitrogens with one attached hydrogen (secondary N) is 1. The lowest BCUT2D eigenvalue weighted by atomic mass is 9.71. The van der Waals surface area contributed by atoms with Crippen molar-refractivity contribution in [2.45, 2.75) is 91.6 Å². The lowest BCUT2D eigenvalue weighted by Gasteiger charge is -2.43. The summed E-state index contributed by atoms with van der Waals surface area (Å²) in [5.74, 6) is -3.55. The first-order valence-electron chi connectivity index (χ1n) is 10.9. The number of methoxy groups -OCH3 is 1. The zero-order valence-electron chi connectivity index (χ0n) is 20.0. The molecule has 1 rings (SSSR count). The summed E-state index contributed by atoms with van der Waals surface area (Å²) < 4.78 is 11.3. The second-order valence-electron chi connectivity index (χ2n) is 9.57. The summed E-state index contributed by atoms with van der Waals surface area (Å²) in [7, 11) is 1.58. The average molecular weight is 428 g/mol. The lowest BCUT2D eigenvalue weighted by molar-refractivity contribution is -0.187. The highest BCUT2D eigenvalue weighted by atomic mass is 16.6. The van der Waals surface area contributed by atoms with Crippen molar-refractivity contribution >= 4 is 17.5 Å². The molecular weight excluding hydrogens is 386 g/mol. The summed E-state index contributed by atoms with van der Waals surface area (Å²) in [6, 6.07) is 0. The highest BCUT2D eigenvalue weighted by molar-refractivity contribution is 5.99. The van der Waals surface area contributed by atoms with Crippen LogP contribution in [0.2, 0.25) is 0 Å². The Kier molecular flexibility index (Phi) is 8.80. The molecule has 9 atom stereocenters. The first kappa shape index (κ1) is 26.7. The molecule has 3 N–H and O–H groups in total. The molecule has 0 bridgehead atoms. The second-order valence-corrected chi connectivity index (χ2v) is 9.57. The van der Waals surface area contributed by atoms with E-state index < -0.39 is 47.1 Å². The van der Waals surface area contributed by atoms with Crippen molar-refractivity contribution in [2.24, 2.45) is 29.6 Å². The minimum absolute atomic E-state index is 0.214. The normalized spacial score (nSPS) is 45.0. The largest absolute Gasteiger partial charge is 0.459 e. The summed E-state index contributed by atoms with van der Waals surface area (Å²) in [4.78, 5) is 25.8. The molecular formula is C23H41NO6. The molecule has 0 aromatic carbocycles. The number of ketones is 1. The Morgan fingerprint density at radius 3 is 2.13 bits per heavy atom. The maximum absolute atomic E-state index is 13.0. The Morgan fingerprint density at radius 2 is 1.67 bits per heavy atom. The maximum Gasteiger partial charge on any atom is 0.316 e. The van der Waals surface area contributed by atoms with Crippen molar-refractivity contribution < 1.29 is 29.3 Å². The lowest BCUT2D eigenvalue weighted by Crippen LogP contribution is -2.56. The number of ether oxygens (including phenoxy) is 2. The fourth-order valence-electron chi connectivity index (χ4n) is 4.63. The fourth-order valence-corrected chi connectivity index (χ4v) is 4.63. The highest BCUT2D eigenvalue weighted by Gasteiger charge is 2.47. The molecule has 1 heterocycles. The molecule has 174 valence electrons. The minimum Gasteiger partial charge on any atom is -0.459 e. The van der Waals surface area contributed by atoms with Gasteiger partial charge in [-0.1, -0.05) is 34.6 Å². The number of aliphatic hydroxyl groups is 2. The van der Waals surface area contributed by atoms with Crippen molar-refractivity contribution in [3.8, 4) is 0 Å². The molecule has 1 fully saturated rings. The number of hydrogen-bond acceptors (Lipinski definition) is 7. The van der Waals surface area contributed by atoms with Gasteiger partial charge in [-0.2, -0.15) is 0 Å². The third-order valence-electron chi connectivity index (χ3n) is 7.50. The van der Waals surface area contributed by atoms with Crippen molar-refractivity contribution in [1.82, 2.24) is 0 Å². The third-order valence-corrected chi connectivity index (χ3v) is 7.50. The second kappa shape index (κ2) is 9.88. The van der Waals surface area contributed by atoms with Crippen LogP contribution in [0.5, 0.6) is 0 Å². The van der Waals surface area contributed by atoms with Crippen LogP contribution in [-0.2, 0) is 19.1 Å². The molecule has 0 aromatic rings. The van der Waals surface area contributed by atoms with Crippen LogP contribution in [0.3, 0.4) is 0 Å². The molecule has 1 aliphatic heterocycles. The van der Waals surface area contributed by atoms with E-state index in [4.69, 9.17) is 14.9 Å². The van der Waals surface area contributed by atoms with Crippen molar-refractivity contribution in [1.29, 1.82) is 5.41 Å². The van der Waals surface area contributed by atoms with Gasteiger partial charge < -0.3 is 25.1 Å². The van der Waals surface area contributed by atoms with Crippen molar-refractivity contribution in [2.75, 3.05) is 7.11 Å². The number of carbonyl (C=O) groups is 2. The molecule has 7 heteroatoms. The van der Waals surface area contributed by atoms with E-state index in [1.807, 2.05) is 20.8 Å². The Morgan fingerprint density at radius 1 is 1.13 bits per heavy atom. The van der Waals surface area contributed by atoms with Crippen LogP contribution >= 0.6 is 0 Å². The van der Waals surface area contributed by atoms with E-state index in [2.05, 4.69) is 0 Å². The predicted molar refractivity (Wildman–Crippen MR) is 115 cm³/mol. The van der Waals surface area contributed by atoms with Crippen LogP contribution in [0.4, 0.5) is 0 Å². The smallest absolute Gasteiger partial charge is 0.316 e. The maximum atomic E-state index is 13.0. The molecule has 30 heavy (non-hydrogen) atoms. The van der Waals surface area contributed by atoms with Gasteiger partial charge in [-0.15, -0.1) is 0 Å². The van der Waals surface area contributed by atoms with E-state index in [9.17, 15) is 19.8 Å². The Hall–Kier alpha value is -1.31. The van der Waals surface area contributed by atoms with Gasteiger partial charge in [-0.05, 0) is 45.4 Å². The fraction of sp³-hybridized carbons (Fsp3) is 0.870. The number of esters is 1. The molecule has 0 spiro atoms. The number of carbonyl (C=O) groups excluding carboxylic acids is 2. The zero-order chi connectivity index (χ0) is 23.6. The van der Waals surface area contributed by atoms with Gasteiger partial charge in [0.25, 0.3) is 0 Å². The van der Waals surface area contributed by atoms with Gasteiger partial charge in [-0.25, -0.2) is 0 Å². The molecule has 0 saturated carbocycles. The Labute approximate surface area is 181 Å². The van der Waals surface area contributed by atoms with Crippen LogP contribution in [0.1, 0.15) is 68.2 Å². The standard InChI is InChI=1S/C23H41NO6/c1-10-17-23(8,28)20(26)14(4)18(24)12(2)11-22(7,29-9)16(6)13(3)19(25)15(5)21(27)30-17/h12-17,20,24,26,28H,10-11H2,1-9H3/t12-,13-,14+,15-,16-,17-,20+,22-,23-/m1/s1. The number of rotatable bonds is 2.